The fourth-order valence-corrected chi connectivity index (χ4v) is 4.67. The molecule has 36 heavy (non-hydrogen) atoms. The minimum atomic E-state index is -0.364. The number of carbonyl (C=O) groups is 1. The number of methoxy groups -OCH3 is 1. The van der Waals surface area contributed by atoms with E-state index in [9.17, 15) is 10.1 Å². The summed E-state index contributed by atoms with van der Waals surface area (Å²) in [5.74, 6) is 1.82. The number of aryl methyl sites for hydroxylation is 1. The summed E-state index contributed by atoms with van der Waals surface area (Å²) in [7, 11) is 1.64. The number of piperazine rings is 1. The molecule has 0 bridgehead atoms. The molecule has 1 amide bonds. The van der Waals surface area contributed by atoms with E-state index in [4.69, 9.17) is 9.26 Å². The highest BCUT2D eigenvalue weighted by Gasteiger charge is 2.33. The van der Waals surface area contributed by atoms with Gasteiger partial charge < -0.3 is 19.1 Å². The van der Waals surface area contributed by atoms with Crippen LogP contribution in [0.15, 0.2) is 47.0 Å². The van der Waals surface area contributed by atoms with Gasteiger partial charge in [-0.3, -0.25) is 9.69 Å². The molecule has 2 heterocycles. The maximum absolute atomic E-state index is 13.6. The van der Waals surface area contributed by atoms with Crippen LogP contribution in [-0.4, -0.2) is 72.2 Å². The quantitative estimate of drug-likeness (QED) is 0.474. The van der Waals surface area contributed by atoms with E-state index >= 15 is 0 Å². The first-order valence-electron chi connectivity index (χ1n) is 12.3. The molecule has 4 rings (SSSR count). The number of hydrogen-bond acceptors (Lipinski definition) is 8. The van der Waals surface area contributed by atoms with Crippen molar-refractivity contribution in [2.75, 3.05) is 51.3 Å². The lowest BCUT2D eigenvalue weighted by molar-refractivity contribution is -0.137. The second kappa shape index (κ2) is 11.2. The van der Waals surface area contributed by atoms with Gasteiger partial charge in [0.2, 0.25) is 5.91 Å². The average Bonchev–Trinajstić information content (AvgIpc) is 3.36. The van der Waals surface area contributed by atoms with Gasteiger partial charge in [-0.05, 0) is 56.7 Å². The lowest BCUT2D eigenvalue weighted by Gasteiger charge is -2.41. The number of anilines is 1. The van der Waals surface area contributed by atoms with Gasteiger partial charge in [0.1, 0.15) is 17.9 Å². The number of benzene rings is 2. The Morgan fingerprint density at radius 3 is 2.39 bits per heavy atom. The second-order valence-corrected chi connectivity index (χ2v) is 8.70. The summed E-state index contributed by atoms with van der Waals surface area (Å²) < 4.78 is 10.6. The number of nitrogens with zero attached hydrogens (tertiary/aromatic N) is 6. The summed E-state index contributed by atoms with van der Waals surface area (Å²) in [5, 5.41) is 13.7. The molecule has 3 aromatic rings. The number of likely N-dealkylation sites (N-methyl/N-ethyl adjacent to an activating group) is 1. The van der Waals surface area contributed by atoms with Crippen molar-refractivity contribution in [3.8, 4) is 23.3 Å². The molecular formula is C27H32N6O3. The molecule has 188 valence electrons. The van der Waals surface area contributed by atoms with Crippen LogP contribution in [0.3, 0.4) is 0 Å². The summed E-state index contributed by atoms with van der Waals surface area (Å²) in [4.78, 5) is 24.1. The highest BCUT2D eigenvalue weighted by atomic mass is 16.5. The molecule has 0 aliphatic carbocycles. The van der Waals surface area contributed by atoms with Crippen molar-refractivity contribution in [1.29, 1.82) is 5.26 Å². The zero-order chi connectivity index (χ0) is 25.7. The first kappa shape index (κ1) is 25.2. The average molecular weight is 489 g/mol. The number of ether oxygens (including phenoxy) is 1. The van der Waals surface area contributed by atoms with Crippen LogP contribution < -0.4 is 9.64 Å². The van der Waals surface area contributed by atoms with Gasteiger partial charge in [-0.1, -0.05) is 17.3 Å². The number of aromatic nitrogens is 2. The SMILES string of the molecule is CCN(CC)C(=O)C(c1ccc(OC)cc1)N1CCN(c2ccc(-c3nc(C)no3)cc2C#N)CC1. The molecule has 1 unspecified atom stereocenters. The Morgan fingerprint density at radius 1 is 1.14 bits per heavy atom. The van der Waals surface area contributed by atoms with Gasteiger partial charge in [0, 0.05) is 44.8 Å². The Balaban J connectivity index is 1.54. The minimum absolute atomic E-state index is 0.107. The van der Waals surface area contributed by atoms with E-state index in [0.29, 0.717) is 56.5 Å². The van der Waals surface area contributed by atoms with Crippen molar-refractivity contribution in [2.45, 2.75) is 26.8 Å². The van der Waals surface area contributed by atoms with Gasteiger partial charge in [-0.2, -0.15) is 10.2 Å². The van der Waals surface area contributed by atoms with Crippen LogP contribution in [0.2, 0.25) is 0 Å². The molecule has 1 aromatic heterocycles. The van der Waals surface area contributed by atoms with E-state index in [1.165, 1.54) is 0 Å². The van der Waals surface area contributed by atoms with E-state index < -0.39 is 0 Å². The highest BCUT2D eigenvalue weighted by molar-refractivity contribution is 5.83. The van der Waals surface area contributed by atoms with Crippen LogP contribution in [0.1, 0.15) is 36.8 Å². The molecule has 0 radical (unpaired) electrons. The molecule has 0 saturated carbocycles. The zero-order valence-corrected chi connectivity index (χ0v) is 21.3. The van der Waals surface area contributed by atoms with E-state index in [2.05, 4.69) is 26.0 Å². The number of rotatable bonds is 8. The van der Waals surface area contributed by atoms with Crippen molar-refractivity contribution in [3.63, 3.8) is 0 Å². The number of nitriles is 1. The van der Waals surface area contributed by atoms with Gasteiger partial charge in [-0.25, -0.2) is 0 Å². The molecule has 1 atom stereocenters. The van der Waals surface area contributed by atoms with Crippen molar-refractivity contribution in [2.24, 2.45) is 0 Å². The Bertz CT molecular complexity index is 1220. The van der Waals surface area contributed by atoms with Gasteiger partial charge in [0.15, 0.2) is 5.82 Å². The van der Waals surface area contributed by atoms with E-state index in [0.717, 1.165) is 22.6 Å². The fraction of sp³-hybridized carbons (Fsp3) is 0.407. The number of hydrogen-bond donors (Lipinski definition) is 0. The molecule has 0 N–H and O–H groups in total. The smallest absolute Gasteiger partial charge is 0.257 e. The molecule has 2 aromatic carbocycles. The number of amides is 1. The normalized spacial score (nSPS) is 14.8. The minimum Gasteiger partial charge on any atom is -0.497 e. The Kier molecular flexibility index (Phi) is 7.86. The molecule has 1 fully saturated rings. The molecule has 1 saturated heterocycles. The Labute approximate surface area is 211 Å². The highest BCUT2D eigenvalue weighted by Crippen LogP contribution is 2.30. The predicted molar refractivity (Wildman–Crippen MR) is 137 cm³/mol. The van der Waals surface area contributed by atoms with Crippen LogP contribution in [0.4, 0.5) is 5.69 Å². The first-order valence-corrected chi connectivity index (χ1v) is 12.3. The van der Waals surface area contributed by atoms with E-state index in [-0.39, 0.29) is 11.9 Å². The Hall–Kier alpha value is -3.90. The van der Waals surface area contributed by atoms with Crippen LogP contribution in [0.25, 0.3) is 11.5 Å². The largest absolute Gasteiger partial charge is 0.497 e. The third-order valence-corrected chi connectivity index (χ3v) is 6.65. The van der Waals surface area contributed by atoms with Crippen LogP contribution in [0, 0.1) is 18.3 Å². The summed E-state index contributed by atoms with van der Waals surface area (Å²) in [6.07, 6.45) is 0. The van der Waals surface area contributed by atoms with Gasteiger partial charge in [0.25, 0.3) is 5.89 Å². The Morgan fingerprint density at radius 2 is 1.83 bits per heavy atom. The monoisotopic (exact) mass is 488 g/mol. The van der Waals surface area contributed by atoms with E-state index in [1.807, 2.05) is 55.1 Å². The first-order chi connectivity index (χ1) is 17.5. The maximum atomic E-state index is 13.6. The van der Waals surface area contributed by atoms with Gasteiger partial charge in [0.05, 0.1) is 18.4 Å². The lowest BCUT2D eigenvalue weighted by Crippen LogP contribution is -2.51. The van der Waals surface area contributed by atoms with Crippen LogP contribution in [0.5, 0.6) is 5.75 Å². The van der Waals surface area contributed by atoms with Crippen molar-refractivity contribution in [3.05, 3.63) is 59.4 Å². The standard InChI is InChI=1S/C27H32N6O3/c1-5-31(6-2)27(34)25(20-7-10-23(35-4)11-8-20)33-15-13-32(14-16-33)24-12-9-21(17-22(24)18-28)26-29-19(3)30-36-26/h7-12,17,25H,5-6,13-16H2,1-4H3. The van der Waals surface area contributed by atoms with Crippen LogP contribution >= 0.6 is 0 Å². The molecule has 9 heteroatoms. The van der Waals surface area contributed by atoms with E-state index in [1.54, 1.807) is 20.1 Å². The zero-order valence-electron chi connectivity index (χ0n) is 21.3. The van der Waals surface area contributed by atoms with Crippen molar-refractivity contribution >= 4 is 11.6 Å². The summed E-state index contributed by atoms with van der Waals surface area (Å²) in [6.45, 7) is 9.89. The third kappa shape index (κ3) is 5.19. The summed E-state index contributed by atoms with van der Waals surface area (Å²) >= 11 is 0. The lowest BCUT2D eigenvalue weighted by atomic mass is 10.0. The van der Waals surface area contributed by atoms with Crippen molar-refractivity contribution < 1.29 is 14.1 Å². The third-order valence-electron chi connectivity index (χ3n) is 6.65. The van der Waals surface area contributed by atoms with Crippen molar-refractivity contribution in [1.82, 2.24) is 19.9 Å². The number of carbonyl (C=O) groups excluding carboxylic acids is 1. The molecule has 9 nitrogen and oxygen atoms in total. The summed E-state index contributed by atoms with van der Waals surface area (Å²) in [6, 6.07) is 15.3. The molecule has 0 spiro atoms. The van der Waals surface area contributed by atoms with Crippen LogP contribution in [-0.2, 0) is 4.79 Å². The molecule has 1 aliphatic rings. The maximum Gasteiger partial charge on any atom is 0.257 e. The van der Waals surface area contributed by atoms with Gasteiger partial charge in [-0.15, -0.1) is 0 Å². The second-order valence-electron chi connectivity index (χ2n) is 8.70. The van der Waals surface area contributed by atoms with Gasteiger partial charge >= 0.3 is 0 Å². The topological polar surface area (TPSA) is 98.7 Å². The molecular weight excluding hydrogens is 456 g/mol. The molecule has 1 aliphatic heterocycles. The predicted octanol–water partition coefficient (Wildman–Crippen LogP) is 3.66. The fourth-order valence-electron chi connectivity index (χ4n) is 4.67. The summed E-state index contributed by atoms with van der Waals surface area (Å²) in [5.41, 5.74) is 3.10.